The molecule has 3 aromatic rings. The molecule has 2 aromatic heterocycles. The number of H-pyrrole nitrogens is 1. The molecule has 124 valence electrons. The number of carboxylic acid groups (broad SMARTS) is 1. The van der Waals surface area contributed by atoms with E-state index in [4.69, 9.17) is 4.42 Å². The lowest BCUT2D eigenvalue weighted by Gasteiger charge is -2.21. The van der Waals surface area contributed by atoms with E-state index < -0.39 is 23.8 Å². The molecular weight excluding hydrogens is 308 g/mol. The van der Waals surface area contributed by atoms with Crippen LogP contribution in [0.25, 0.3) is 10.9 Å². The van der Waals surface area contributed by atoms with Gasteiger partial charge in [0, 0.05) is 23.0 Å². The van der Waals surface area contributed by atoms with Crippen LogP contribution < -0.4 is 5.32 Å². The molecule has 0 aliphatic rings. The second-order valence-corrected chi connectivity index (χ2v) is 5.80. The standard InChI is InChI=1S/C18H18N2O4/c1-10-5-3-6-13-15(10)12(9-19-13)11(2)16(18(22)23)20-17(21)14-7-4-8-24-14/h3-9,11,16,19H,1-2H3,(H,20,21)(H,22,23)/t11-,16-/m0/s1. The van der Waals surface area contributed by atoms with Crippen LogP contribution in [0.2, 0.25) is 0 Å². The highest BCUT2D eigenvalue weighted by molar-refractivity contribution is 5.95. The number of aromatic nitrogens is 1. The molecule has 24 heavy (non-hydrogen) atoms. The molecule has 0 saturated carbocycles. The van der Waals surface area contributed by atoms with Gasteiger partial charge < -0.3 is 19.8 Å². The predicted molar refractivity (Wildman–Crippen MR) is 89.0 cm³/mol. The lowest BCUT2D eigenvalue weighted by atomic mass is 9.91. The lowest BCUT2D eigenvalue weighted by Crippen LogP contribution is -2.44. The van der Waals surface area contributed by atoms with Crippen LogP contribution in [-0.4, -0.2) is 28.0 Å². The molecule has 6 heteroatoms. The normalized spacial score (nSPS) is 13.6. The van der Waals surface area contributed by atoms with Crippen LogP contribution in [0.1, 0.15) is 34.5 Å². The van der Waals surface area contributed by atoms with Crippen molar-refractivity contribution in [3.63, 3.8) is 0 Å². The second-order valence-electron chi connectivity index (χ2n) is 5.80. The molecule has 6 nitrogen and oxygen atoms in total. The monoisotopic (exact) mass is 326 g/mol. The Balaban J connectivity index is 1.93. The van der Waals surface area contributed by atoms with Gasteiger partial charge in [-0.15, -0.1) is 0 Å². The van der Waals surface area contributed by atoms with Gasteiger partial charge in [0.05, 0.1) is 6.26 Å². The fraction of sp³-hybridized carbons (Fsp3) is 0.222. The maximum Gasteiger partial charge on any atom is 0.326 e. The van der Waals surface area contributed by atoms with Crippen LogP contribution in [-0.2, 0) is 4.79 Å². The van der Waals surface area contributed by atoms with Gasteiger partial charge in [-0.05, 0) is 36.2 Å². The van der Waals surface area contributed by atoms with Crippen LogP contribution in [0.3, 0.4) is 0 Å². The summed E-state index contributed by atoms with van der Waals surface area (Å²) in [5.41, 5.74) is 2.85. The van der Waals surface area contributed by atoms with E-state index in [2.05, 4.69) is 10.3 Å². The third-order valence-corrected chi connectivity index (χ3v) is 4.23. The molecule has 0 radical (unpaired) electrons. The van der Waals surface area contributed by atoms with Crippen molar-refractivity contribution in [2.75, 3.05) is 0 Å². The highest BCUT2D eigenvalue weighted by Crippen LogP contribution is 2.30. The van der Waals surface area contributed by atoms with Crippen molar-refractivity contribution in [1.82, 2.24) is 10.3 Å². The van der Waals surface area contributed by atoms with Gasteiger partial charge in [0.25, 0.3) is 5.91 Å². The van der Waals surface area contributed by atoms with E-state index in [1.165, 1.54) is 12.3 Å². The van der Waals surface area contributed by atoms with Gasteiger partial charge in [0.15, 0.2) is 5.76 Å². The summed E-state index contributed by atoms with van der Waals surface area (Å²) in [6.45, 7) is 3.76. The highest BCUT2D eigenvalue weighted by atomic mass is 16.4. The average molecular weight is 326 g/mol. The van der Waals surface area contributed by atoms with Crippen molar-refractivity contribution in [3.8, 4) is 0 Å². The molecule has 3 N–H and O–H groups in total. The molecule has 2 heterocycles. The molecular formula is C18H18N2O4. The Labute approximate surface area is 138 Å². The number of amides is 1. The molecule has 0 saturated heterocycles. The van der Waals surface area contributed by atoms with Crippen molar-refractivity contribution >= 4 is 22.8 Å². The largest absolute Gasteiger partial charge is 0.480 e. The molecule has 2 atom stereocenters. The number of carboxylic acids is 1. The summed E-state index contributed by atoms with van der Waals surface area (Å²) in [4.78, 5) is 27.0. The number of hydrogen-bond acceptors (Lipinski definition) is 3. The Hall–Kier alpha value is -3.02. The number of fused-ring (bicyclic) bond motifs is 1. The number of furan rings is 1. The van der Waals surface area contributed by atoms with Crippen LogP contribution in [0.5, 0.6) is 0 Å². The Morgan fingerprint density at radius 1 is 1.25 bits per heavy atom. The van der Waals surface area contributed by atoms with Crippen LogP contribution in [0.15, 0.2) is 47.2 Å². The zero-order chi connectivity index (χ0) is 17.3. The van der Waals surface area contributed by atoms with Crippen molar-refractivity contribution < 1.29 is 19.1 Å². The molecule has 0 fully saturated rings. The Kier molecular flexibility index (Phi) is 4.12. The molecule has 1 amide bonds. The van der Waals surface area contributed by atoms with Gasteiger partial charge in [0.2, 0.25) is 0 Å². The van der Waals surface area contributed by atoms with Crippen molar-refractivity contribution in [2.24, 2.45) is 0 Å². The fourth-order valence-corrected chi connectivity index (χ4v) is 2.96. The Bertz CT molecular complexity index is 880. The van der Waals surface area contributed by atoms with Gasteiger partial charge >= 0.3 is 5.97 Å². The van der Waals surface area contributed by atoms with E-state index in [9.17, 15) is 14.7 Å². The second kappa shape index (κ2) is 6.23. The van der Waals surface area contributed by atoms with Crippen molar-refractivity contribution in [2.45, 2.75) is 25.8 Å². The molecule has 0 aliphatic carbocycles. The summed E-state index contributed by atoms with van der Waals surface area (Å²) < 4.78 is 5.02. The molecule has 3 rings (SSSR count). The van der Waals surface area contributed by atoms with E-state index >= 15 is 0 Å². The maximum absolute atomic E-state index is 12.1. The Morgan fingerprint density at radius 3 is 2.71 bits per heavy atom. The minimum atomic E-state index is -1.09. The number of hydrogen-bond donors (Lipinski definition) is 3. The molecule has 0 spiro atoms. The first kappa shape index (κ1) is 15.9. The van der Waals surface area contributed by atoms with Crippen LogP contribution in [0, 0.1) is 6.92 Å². The smallest absolute Gasteiger partial charge is 0.326 e. The number of benzene rings is 1. The third-order valence-electron chi connectivity index (χ3n) is 4.23. The van der Waals surface area contributed by atoms with Crippen LogP contribution >= 0.6 is 0 Å². The molecule has 1 aromatic carbocycles. The number of carbonyl (C=O) groups excluding carboxylic acids is 1. The summed E-state index contributed by atoms with van der Waals surface area (Å²) in [7, 11) is 0. The quantitative estimate of drug-likeness (QED) is 0.671. The first-order valence-electron chi connectivity index (χ1n) is 7.63. The summed E-state index contributed by atoms with van der Waals surface area (Å²) in [6.07, 6.45) is 3.18. The van der Waals surface area contributed by atoms with Crippen molar-refractivity contribution in [3.05, 3.63) is 59.7 Å². The zero-order valence-corrected chi connectivity index (χ0v) is 13.4. The summed E-state index contributed by atoms with van der Waals surface area (Å²) in [5, 5.41) is 13.1. The molecule has 0 bridgehead atoms. The number of rotatable bonds is 5. The first-order valence-corrected chi connectivity index (χ1v) is 7.63. The van der Waals surface area contributed by atoms with E-state index in [1.54, 1.807) is 19.2 Å². The number of aromatic amines is 1. The first-order chi connectivity index (χ1) is 11.5. The van der Waals surface area contributed by atoms with E-state index in [-0.39, 0.29) is 5.76 Å². The number of carbonyl (C=O) groups is 2. The summed E-state index contributed by atoms with van der Waals surface area (Å²) in [5.74, 6) is -1.97. The molecule has 0 aliphatic heterocycles. The van der Waals surface area contributed by atoms with Gasteiger partial charge in [-0.25, -0.2) is 4.79 Å². The lowest BCUT2D eigenvalue weighted by molar-refractivity contribution is -0.139. The van der Waals surface area contributed by atoms with Gasteiger partial charge in [-0.2, -0.15) is 0 Å². The zero-order valence-electron chi connectivity index (χ0n) is 13.4. The minimum Gasteiger partial charge on any atom is -0.480 e. The van der Waals surface area contributed by atoms with E-state index in [0.717, 1.165) is 22.0 Å². The SMILES string of the molecule is Cc1cccc2[nH]cc([C@H](C)[C@H](NC(=O)c3ccco3)C(=O)O)c12. The van der Waals surface area contributed by atoms with E-state index in [0.29, 0.717) is 0 Å². The van der Waals surface area contributed by atoms with E-state index in [1.807, 2.05) is 25.1 Å². The van der Waals surface area contributed by atoms with Gasteiger partial charge in [-0.3, -0.25) is 4.79 Å². The highest BCUT2D eigenvalue weighted by Gasteiger charge is 2.30. The predicted octanol–water partition coefficient (Wildman–Crippen LogP) is 3.06. The summed E-state index contributed by atoms with van der Waals surface area (Å²) in [6, 6.07) is 7.86. The maximum atomic E-state index is 12.1. The molecule has 0 unspecified atom stereocenters. The van der Waals surface area contributed by atoms with Crippen molar-refractivity contribution in [1.29, 1.82) is 0 Å². The number of nitrogens with one attached hydrogen (secondary N) is 2. The minimum absolute atomic E-state index is 0.0866. The average Bonchev–Trinajstić information content (AvgIpc) is 3.21. The third kappa shape index (κ3) is 2.78. The van der Waals surface area contributed by atoms with Gasteiger partial charge in [-0.1, -0.05) is 19.1 Å². The fourth-order valence-electron chi connectivity index (χ4n) is 2.96. The van der Waals surface area contributed by atoms with Crippen LogP contribution in [0.4, 0.5) is 0 Å². The number of aliphatic carboxylic acids is 1. The topological polar surface area (TPSA) is 95.3 Å². The summed E-state index contributed by atoms with van der Waals surface area (Å²) >= 11 is 0. The number of aryl methyl sites for hydroxylation is 1. The van der Waals surface area contributed by atoms with Gasteiger partial charge in [0.1, 0.15) is 6.04 Å². The Morgan fingerprint density at radius 2 is 2.04 bits per heavy atom.